The van der Waals surface area contributed by atoms with Gasteiger partial charge in [0.2, 0.25) is 0 Å². The minimum Gasteiger partial charge on any atom is -0.497 e. The lowest BCUT2D eigenvalue weighted by Crippen LogP contribution is -2.48. The number of amides is 4. The molecule has 4 aliphatic carbocycles. The number of methoxy groups -OCH3 is 1. The van der Waals surface area contributed by atoms with Crippen LogP contribution in [0.5, 0.6) is 5.75 Å². The number of carbonyl (C=O) groups is 4. The molecular weight excluding hydrogens is 1170 g/mol. The van der Waals surface area contributed by atoms with E-state index in [2.05, 4.69) is 27.3 Å². The number of morpholine rings is 1. The van der Waals surface area contributed by atoms with E-state index in [0.717, 1.165) is 149 Å². The molecule has 90 heavy (non-hydrogen) atoms. The van der Waals surface area contributed by atoms with Crippen LogP contribution in [0, 0.1) is 23.7 Å². The van der Waals surface area contributed by atoms with Gasteiger partial charge in [0.15, 0.2) is 29.0 Å². The van der Waals surface area contributed by atoms with E-state index in [9.17, 15) is 19.2 Å². The Hall–Kier alpha value is -7.31. The van der Waals surface area contributed by atoms with Crippen LogP contribution in [0.4, 0.5) is 0 Å². The molecule has 2 unspecified atom stereocenters. The van der Waals surface area contributed by atoms with Crippen LogP contribution >= 0.6 is 23.2 Å². The van der Waals surface area contributed by atoms with Crippen molar-refractivity contribution in [1.29, 1.82) is 0 Å². The lowest BCUT2D eigenvalue weighted by molar-refractivity contribution is -0.134. The summed E-state index contributed by atoms with van der Waals surface area (Å²) in [6.45, 7) is 4.56. The molecule has 0 spiro atoms. The van der Waals surface area contributed by atoms with E-state index in [1.807, 2.05) is 84.9 Å². The number of hydrogen-bond acceptors (Lipinski definition) is 13. The Morgan fingerprint density at radius 3 is 1.67 bits per heavy atom. The van der Waals surface area contributed by atoms with Crippen LogP contribution in [0.1, 0.15) is 131 Å². The quantitative estimate of drug-likeness (QED) is 0.0688. The third kappa shape index (κ3) is 13.8. The van der Waals surface area contributed by atoms with Crippen molar-refractivity contribution < 1.29 is 28.7 Å². The maximum Gasteiger partial charge on any atom is 0.262 e. The van der Waals surface area contributed by atoms with Crippen LogP contribution in [0.3, 0.4) is 0 Å². The van der Waals surface area contributed by atoms with Gasteiger partial charge < -0.3 is 32.0 Å². The number of nitrogens with one attached hydrogen (secondary N) is 1. The normalized spacial score (nSPS) is 25.5. The summed E-state index contributed by atoms with van der Waals surface area (Å²) in [4.78, 5) is 74.3. The number of benzene rings is 5. The zero-order valence-corrected chi connectivity index (χ0v) is 53.8. The molecule has 17 nitrogen and oxygen atoms in total. The fourth-order valence-corrected chi connectivity index (χ4v) is 15.0. The molecule has 0 bridgehead atoms. The molecule has 4 saturated carbocycles. The molecule has 5 fully saturated rings. The van der Waals surface area contributed by atoms with Gasteiger partial charge in [-0.05, 0) is 176 Å². The van der Waals surface area contributed by atoms with Crippen molar-refractivity contribution in [3.63, 3.8) is 0 Å². The summed E-state index contributed by atoms with van der Waals surface area (Å²) < 4.78 is 10.6. The first-order chi connectivity index (χ1) is 43.5. The van der Waals surface area contributed by atoms with E-state index in [-0.39, 0.29) is 41.5 Å². The smallest absolute Gasteiger partial charge is 0.262 e. The molecule has 5 atom stereocenters. The minimum atomic E-state index is -0.913. The monoisotopic (exact) mass is 1260 g/mol. The first-order valence-electron chi connectivity index (χ1n) is 32.4. The molecule has 13 rings (SSSR count). The Balaban J connectivity index is 0.000000140. The van der Waals surface area contributed by atoms with Gasteiger partial charge in [0.1, 0.15) is 11.3 Å². The SMILES string of the molecule is CN1C(=O)C(c2cccc(-c3cccc(Cl)c3)c2)(C2CCC2)N=C1N.COc1ccc(C(=O)N[C@@H]2CCC[C@H](C[C@@]3(CCC4CCCCC4)N=C(N)N(C)C3=O)C2)cc1.NC1=NC(c2cccc(-c3cccc(Cl)c3)c2)(C2CC2)C(=O)N1CCN1CCOCC1. The molecule has 0 radical (unpaired) electrons. The number of nitrogens with two attached hydrogens (primary N) is 3. The number of ether oxygens (including phenoxy) is 2. The fourth-order valence-electron chi connectivity index (χ4n) is 14.6. The molecule has 0 aromatic heterocycles. The maximum atomic E-state index is 13.8. The van der Waals surface area contributed by atoms with E-state index in [1.165, 1.54) is 41.9 Å². The maximum absolute atomic E-state index is 13.8. The fraction of sp³-hybridized carbons (Fsp3) is 0.479. The van der Waals surface area contributed by atoms with Crippen molar-refractivity contribution in [2.24, 2.45) is 55.8 Å². The van der Waals surface area contributed by atoms with Gasteiger partial charge in [-0.1, -0.05) is 135 Å². The van der Waals surface area contributed by atoms with Gasteiger partial charge in [0.05, 0.1) is 20.3 Å². The van der Waals surface area contributed by atoms with Gasteiger partial charge in [-0.3, -0.25) is 38.8 Å². The molecule has 476 valence electrons. The third-order valence-electron chi connectivity index (χ3n) is 20.1. The number of guanidine groups is 3. The Bertz CT molecular complexity index is 3510. The number of halogens is 2. The molecule has 7 N–H and O–H groups in total. The molecule has 5 aromatic rings. The highest BCUT2D eigenvalue weighted by molar-refractivity contribution is 6.31. The van der Waals surface area contributed by atoms with Crippen LogP contribution < -0.4 is 27.3 Å². The number of nitrogens with zero attached hydrogens (tertiary/aromatic N) is 7. The third-order valence-corrected chi connectivity index (χ3v) is 20.6. The second-order valence-electron chi connectivity index (χ2n) is 25.9. The van der Waals surface area contributed by atoms with Gasteiger partial charge in [0, 0.05) is 61.9 Å². The van der Waals surface area contributed by atoms with E-state index in [1.54, 1.807) is 50.4 Å². The summed E-state index contributed by atoms with van der Waals surface area (Å²) in [5.74, 6) is 3.11. The Morgan fingerprint density at radius 2 is 1.13 bits per heavy atom. The second kappa shape index (κ2) is 28.1. The number of hydrogen-bond donors (Lipinski definition) is 4. The Morgan fingerprint density at radius 1 is 0.600 bits per heavy atom. The minimum absolute atomic E-state index is 0.00371. The summed E-state index contributed by atoms with van der Waals surface area (Å²) in [5, 5.41) is 4.60. The van der Waals surface area contributed by atoms with Crippen molar-refractivity contribution in [1.82, 2.24) is 24.9 Å². The average Bonchev–Trinajstić information content (AvgIpc) is 1.87. The zero-order valence-electron chi connectivity index (χ0n) is 52.3. The molecular formula is C71H87Cl2N11O6. The first kappa shape index (κ1) is 64.2. The van der Waals surface area contributed by atoms with Crippen molar-refractivity contribution in [2.45, 2.75) is 132 Å². The highest BCUT2D eigenvalue weighted by Gasteiger charge is 2.58. The van der Waals surface area contributed by atoms with Crippen LogP contribution in [-0.2, 0) is 30.2 Å². The van der Waals surface area contributed by atoms with Crippen LogP contribution in [0.25, 0.3) is 22.3 Å². The topological polar surface area (TPSA) is 227 Å². The highest BCUT2D eigenvalue weighted by Crippen LogP contribution is 2.53. The summed E-state index contributed by atoms with van der Waals surface area (Å²) in [6, 6.07) is 38.9. The van der Waals surface area contributed by atoms with Crippen molar-refractivity contribution in [2.75, 3.05) is 60.6 Å². The van der Waals surface area contributed by atoms with Gasteiger partial charge in [-0.15, -0.1) is 0 Å². The molecule has 8 aliphatic rings. The standard InChI is InChI=1S/C27H40N4O3.C24H27ClN4O2.C20H20ClN3O/c1-31-25(33)27(30-26(31)28,16-15-19-7-4-3-5-8-19)18-20-9-6-10-22(17-20)29-24(32)21-11-13-23(34-2)14-12-21;25-21-6-2-4-18(16-21)17-3-1-5-20(15-17)24(19-7-8-19)22(30)29(23(26)27-24)10-9-28-11-13-31-14-12-28;1-24-18(25)20(23-19(24)22,15-7-4-8-15)16-9-2-5-13(11-16)14-6-3-10-17(21)12-14/h11-14,19-20,22H,3-10,15-18H2,1-2H3,(H2,28,30)(H,29,32);1-6,15-16,19H,7-14H2,(H2,26,27);2-3,5-6,9-12,15H,4,7-8H2,1H3,(H2,22,23)/t20-,22+,27+;;/m0../s1. The van der Waals surface area contributed by atoms with E-state index >= 15 is 0 Å². The number of rotatable bonds is 17. The summed E-state index contributed by atoms with van der Waals surface area (Å²) in [5.41, 5.74) is 22.5. The molecule has 4 aliphatic heterocycles. The van der Waals surface area contributed by atoms with Gasteiger partial charge in [-0.2, -0.15) is 0 Å². The van der Waals surface area contributed by atoms with E-state index in [0.29, 0.717) is 51.9 Å². The van der Waals surface area contributed by atoms with E-state index in [4.69, 9.17) is 59.9 Å². The number of likely N-dealkylation sites (N-methyl/N-ethyl adjacent to an activating group) is 2. The average molecular weight is 1260 g/mol. The summed E-state index contributed by atoms with van der Waals surface area (Å²) >= 11 is 12.3. The molecule has 19 heteroatoms. The van der Waals surface area contributed by atoms with Crippen LogP contribution in [0.15, 0.2) is 136 Å². The Labute approximate surface area is 539 Å². The summed E-state index contributed by atoms with van der Waals surface area (Å²) in [7, 11) is 5.05. The summed E-state index contributed by atoms with van der Waals surface area (Å²) in [6.07, 6.45) is 18.1. The first-order valence-corrected chi connectivity index (χ1v) is 33.2. The molecule has 4 amide bonds. The van der Waals surface area contributed by atoms with Crippen LogP contribution in [0.2, 0.25) is 10.0 Å². The number of aliphatic imine (C=N–C) groups is 3. The predicted octanol–water partition coefficient (Wildman–Crippen LogP) is 11.2. The molecule has 1 saturated heterocycles. The Kier molecular flexibility index (Phi) is 20.0. The van der Waals surface area contributed by atoms with Crippen molar-refractivity contribution >= 4 is 64.7 Å². The lowest BCUT2D eigenvalue weighted by Gasteiger charge is -2.39. The molecule has 4 heterocycles. The zero-order chi connectivity index (χ0) is 63.2. The van der Waals surface area contributed by atoms with Gasteiger partial charge in [0.25, 0.3) is 23.6 Å². The largest absolute Gasteiger partial charge is 0.497 e. The second-order valence-corrected chi connectivity index (χ2v) is 26.7. The van der Waals surface area contributed by atoms with E-state index < -0.39 is 16.6 Å². The lowest BCUT2D eigenvalue weighted by atomic mass is 9.67. The molecule has 5 aromatic carbocycles. The van der Waals surface area contributed by atoms with Crippen molar-refractivity contribution in [3.05, 3.63) is 148 Å². The van der Waals surface area contributed by atoms with Crippen molar-refractivity contribution in [3.8, 4) is 28.0 Å². The van der Waals surface area contributed by atoms with Gasteiger partial charge in [-0.25, -0.2) is 15.0 Å². The van der Waals surface area contributed by atoms with Crippen LogP contribution in [-0.4, -0.2) is 133 Å². The number of carbonyl (C=O) groups excluding carboxylic acids is 4. The predicted molar refractivity (Wildman–Crippen MR) is 356 cm³/mol. The van der Waals surface area contributed by atoms with Gasteiger partial charge >= 0.3 is 0 Å². The highest BCUT2D eigenvalue weighted by atomic mass is 35.5.